The van der Waals surface area contributed by atoms with E-state index in [1.807, 2.05) is 6.07 Å². The first-order valence-electron chi connectivity index (χ1n) is 11.6. The highest BCUT2D eigenvalue weighted by molar-refractivity contribution is 6.30. The Balaban J connectivity index is 1.89. The Labute approximate surface area is 229 Å². The minimum Gasteiger partial charge on any atom is -0.468 e. The van der Waals surface area contributed by atoms with E-state index in [0.29, 0.717) is 32.3 Å². The summed E-state index contributed by atoms with van der Waals surface area (Å²) in [5, 5.41) is 26.5. The summed E-state index contributed by atoms with van der Waals surface area (Å²) in [5.74, 6) is -0.605. The molecule has 38 heavy (non-hydrogen) atoms. The molecule has 2 N–H and O–H groups in total. The van der Waals surface area contributed by atoms with Crippen molar-refractivity contribution in [3.05, 3.63) is 139 Å². The SMILES string of the molecule is COC(=O)C(c1ccc(Cl)cc1)(c1ccc(Cl)cc1)c1ccc([N+](=O)[O-])c(NC[C@@H](O)c2ccccc2)c1. The molecule has 0 aliphatic rings. The molecule has 0 amide bonds. The van der Waals surface area contributed by atoms with E-state index in [1.165, 1.54) is 25.3 Å². The standard InChI is InChI=1S/C29H24Cl2N2O5/c1-38-28(35)29(20-7-12-23(30)13-8-20,21-9-14-24(31)15-10-21)22-11-16-26(33(36)37)25(17-22)32-18-27(34)19-5-3-2-4-6-19/h2-17,27,32,34H,18H2,1H3/t27-/m1/s1. The molecule has 0 radical (unpaired) electrons. The van der Waals surface area contributed by atoms with Crippen LogP contribution >= 0.6 is 23.2 Å². The number of halogens is 2. The highest BCUT2D eigenvalue weighted by Crippen LogP contribution is 2.43. The van der Waals surface area contributed by atoms with Crippen LogP contribution in [0.5, 0.6) is 0 Å². The third kappa shape index (κ3) is 5.36. The van der Waals surface area contributed by atoms with E-state index in [0.717, 1.165) is 0 Å². The van der Waals surface area contributed by atoms with E-state index in [-0.39, 0.29) is 17.9 Å². The number of hydrogen-bond acceptors (Lipinski definition) is 6. The van der Waals surface area contributed by atoms with Gasteiger partial charge >= 0.3 is 5.97 Å². The molecular weight excluding hydrogens is 527 g/mol. The predicted octanol–water partition coefficient (Wildman–Crippen LogP) is 6.55. The van der Waals surface area contributed by atoms with Crippen molar-refractivity contribution in [2.75, 3.05) is 19.0 Å². The molecule has 194 valence electrons. The van der Waals surface area contributed by atoms with Crippen LogP contribution in [0.2, 0.25) is 10.0 Å². The normalized spacial score (nSPS) is 12.0. The predicted molar refractivity (Wildman–Crippen MR) is 148 cm³/mol. The third-order valence-electron chi connectivity index (χ3n) is 6.34. The lowest BCUT2D eigenvalue weighted by Crippen LogP contribution is -2.39. The first-order valence-corrected chi connectivity index (χ1v) is 12.4. The van der Waals surface area contributed by atoms with Gasteiger partial charge in [-0.05, 0) is 52.6 Å². The maximum atomic E-state index is 13.7. The van der Waals surface area contributed by atoms with E-state index >= 15 is 0 Å². The Morgan fingerprint density at radius 1 is 0.921 bits per heavy atom. The van der Waals surface area contributed by atoms with Crippen LogP contribution in [0.1, 0.15) is 28.4 Å². The van der Waals surface area contributed by atoms with Crippen molar-refractivity contribution in [3.63, 3.8) is 0 Å². The summed E-state index contributed by atoms with van der Waals surface area (Å²) < 4.78 is 5.31. The number of nitro groups is 1. The van der Waals surface area contributed by atoms with Crippen LogP contribution in [0, 0.1) is 10.1 Å². The van der Waals surface area contributed by atoms with E-state index in [4.69, 9.17) is 27.9 Å². The van der Waals surface area contributed by atoms with Crippen molar-refractivity contribution in [1.29, 1.82) is 0 Å². The summed E-state index contributed by atoms with van der Waals surface area (Å²) in [7, 11) is 1.28. The number of nitrogens with zero attached hydrogens (tertiary/aromatic N) is 1. The molecule has 0 fully saturated rings. The molecule has 7 nitrogen and oxygen atoms in total. The number of benzene rings is 4. The quantitative estimate of drug-likeness (QED) is 0.106. The van der Waals surface area contributed by atoms with Gasteiger partial charge in [0, 0.05) is 22.7 Å². The Hall–Kier alpha value is -3.91. The minimum atomic E-state index is -1.51. The van der Waals surface area contributed by atoms with Crippen molar-refractivity contribution in [1.82, 2.24) is 0 Å². The fourth-order valence-electron chi connectivity index (χ4n) is 4.48. The highest BCUT2D eigenvalue weighted by Gasteiger charge is 2.46. The lowest BCUT2D eigenvalue weighted by atomic mass is 9.69. The number of carbonyl (C=O) groups is 1. The molecule has 0 saturated heterocycles. The van der Waals surface area contributed by atoms with Gasteiger partial charge in [-0.1, -0.05) is 83.9 Å². The summed E-state index contributed by atoms with van der Waals surface area (Å²) in [6.45, 7) is 0.00141. The largest absolute Gasteiger partial charge is 0.468 e. The Kier molecular flexibility index (Phi) is 8.32. The summed E-state index contributed by atoms with van der Waals surface area (Å²) in [6.07, 6.45) is -0.919. The number of methoxy groups -OCH3 is 1. The first kappa shape index (κ1) is 27.1. The zero-order valence-corrected chi connectivity index (χ0v) is 21.8. The number of nitro benzene ring substituents is 1. The minimum absolute atomic E-state index is 0.00141. The topological polar surface area (TPSA) is 102 Å². The molecule has 4 aromatic rings. The highest BCUT2D eigenvalue weighted by atomic mass is 35.5. The molecule has 0 aliphatic carbocycles. The number of hydrogen-bond donors (Lipinski definition) is 2. The number of aliphatic hydroxyl groups is 1. The Bertz CT molecular complexity index is 1380. The second kappa shape index (κ2) is 11.6. The molecule has 0 spiro atoms. The van der Waals surface area contributed by atoms with Gasteiger partial charge in [0.25, 0.3) is 5.69 Å². The summed E-state index contributed by atoms with van der Waals surface area (Å²) in [6, 6.07) is 26.8. The van der Waals surface area contributed by atoms with Crippen molar-refractivity contribution in [3.8, 4) is 0 Å². The van der Waals surface area contributed by atoms with Gasteiger partial charge in [0.2, 0.25) is 0 Å². The van der Waals surface area contributed by atoms with Crippen LogP contribution in [0.15, 0.2) is 97.1 Å². The number of rotatable bonds is 9. The average Bonchev–Trinajstić information content (AvgIpc) is 2.94. The molecule has 0 aromatic heterocycles. The summed E-state index contributed by atoms with van der Waals surface area (Å²) >= 11 is 12.3. The molecular formula is C29H24Cl2N2O5. The van der Waals surface area contributed by atoms with Crippen molar-refractivity contribution >= 4 is 40.5 Å². The second-order valence-corrected chi connectivity index (χ2v) is 9.42. The number of nitrogens with one attached hydrogen (secondary N) is 1. The van der Waals surface area contributed by atoms with Crippen molar-refractivity contribution in [2.24, 2.45) is 0 Å². The van der Waals surface area contributed by atoms with Crippen LogP contribution in [0.4, 0.5) is 11.4 Å². The Morgan fingerprint density at radius 3 is 1.95 bits per heavy atom. The molecule has 1 atom stereocenters. The van der Waals surface area contributed by atoms with Gasteiger partial charge in [-0.15, -0.1) is 0 Å². The lowest BCUT2D eigenvalue weighted by Gasteiger charge is -2.33. The third-order valence-corrected chi connectivity index (χ3v) is 6.85. The number of aliphatic hydroxyl groups excluding tert-OH is 1. The number of ether oxygens (including phenoxy) is 1. The van der Waals surface area contributed by atoms with Gasteiger partial charge in [0.15, 0.2) is 0 Å². The van der Waals surface area contributed by atoms with Gasteiger partial charge in [0.05, 0.1) is 18.1 Å². The maximum absolute atomic E-state index is 13.7. The Morgan fingerprint density at radius 2 is 1.45 bits per heavy atom. The number of carbonyl (C=O) groups excluding carboxylic acids is 1. The average molecular weight is 551 g/mol. The van der Waals surface area contributed by atoms with Gasteiger partial charge in [-0.2, -0.15) is 0 Å². The molecule has 0 saturated carbocycles. The van der Waals surface area contributed by atoms with E-state index in [2.05, 4.69) is 5.32 Å². The van der Waals surface area contributed by atoms with E-state index in [9.17, 15) is 20.0 Å². The van der Waals surface area contributed by atoms with Gasteiger partial charge in [-0.25, -0.2) is 0 Å². The van der Waals surface area contributed by atoms with Crippen LogP contribution in [-0.2, 0) is 14.9 Å². The van der Waals surface area contributed by atoms with Gasteiger partial charge in [0.1, 0.15) is 11.1 Å². The molecule has 0 heterocycles. The second-order valence-electron chi connectivity index (χ2n) is 8.55. The molecule has 4 rings (SSSR count). The van der Waals surface area contributed by atoms with Crippen LogP contribution in [-0.4, -0.2) is 29.7 Å². The molecule has 9 heteroatoms. The fourth-order valence-corrected chi connectivity index (χ4v) is 4.73. The van der Waals surface area contributed by atoms with Crippen molar-refractivity contribution in [2.45, 2.75) is 11.5 Å². The maximum Gasteiger partial charge on any atom is 0.325 e. The van der Waals surface area contributed by atoms with Crippen LogP contribution in [0.3, 0.4) is 0 Å². The smallest absolute Gasteiger partial charge is 0.325 e. The van der Waals surface area contributed by atoms with E-state index < -0.39 is 22.4 Å². The van der Waals surface area contributed by atoms with E-state index in [1.54, 1.807) is 72.8 Å². The van der Waals surface area contributed by atoms with Crippen LogP contribution in [0.25, 0.3) is 0 Å². The molecule has 0 aliphatic heterocycles. The zero-order chi connectivity index (χ0) is 27.3. The molecule has 4 aromatic carbocycles. The van der Waals surface area contributed by atoms with Crippen molar-refractivity contribution < 1.29 is 19.6 Å². The van der Waals surface area contributed by atoms with Gasteiger partial charge in [-0.3, -0.25) is 14.9 Å². The van der Waals surface area contributed by atoms with Gasteiger partial charge < -0.3 is 15.2 Å². The monoisotopic (exact) mass is 550 g/mol. The lowest BCUT2D eigenvalue weighted by molar-refractivity contribution is -0.384. The number of anilines is 1. The molecule has 0 unspecified atom stereocenters. The van der Waals surface area contributed by atoms with Crippen LogP contribution < -0.4 is 5.32 Å². The fraction of sp³-hybridized carbons (Fsp3) is 0.138. The summed E-state index contributed by atoms with van der Waals surface area (Å²) in [4.78, 5) is 25.1. The zero-order valence-electron chi connectivity index (χ0n) is 20.3. The molecule has 0 bridgehead atoms. The first-order chi connectivity index (χ1) is 18.3. The number of esters is 1. The summed E-state index contributed by atoms with van der Waals surface area (Å²) in [5.41, 5.74) is 0.577.